The third kappa shape index (κ3) is 2.21. The van der Waals surface area contributed by atoms with Gasteiger partial charge in [0.2, 0.25) is 0 Å². The Labute approximate surface area is 111 Å². The van der Waals surface area contributed by atoms with Crippen molar-refractivity contribution in [3.05, 3.63) is 51.4 Å². The normalized spacial score (nSPS) is 10.9. The third-order valence-electron chi connectivity index (χ3n) is 2.50. The highest BCUT2D eigenvalue weighted by molar-refractivity contribution is 9.11. The van der Waals surface area contributed by atoms with Crippen LogP contribution in [0.4, 0.5) is 5.82 Å². The van der Waals surface area contributed by atoms with Crippen LogP contribution in [0.15, 0.2) is 46.5 Å². The van der Waals surface area contributed by atoms with Crippen LogP contribution in [0.1, 0.15) is 4.88 Å². The van der Waals surface area contributed by atoms with Crippen molar-refractivity contribution >= 4 is 38.7 Å². The van der Waals surface area contributed by atoms with Crippen LogP contribution in [0.3, 0.4) is 0 Å². The molecule has 5 heteroatoms. The van der Waals surface area contributed by atoms with E-state index in [2.05, 4.69) is 44.4 Å². The Hall–Kier alpha value is -1.33. The molecule has 86 valence electrons. The maximum Gasteiger partial charge on any atom is 0.138 e. The summed E-state index contributed by atoms with van der Waals surface area (Å²) < 4.78 is 3.21. The van der Waals surface area contributed by atoms with Gasteiger partial charge in [-0.25, -0.2) is 4.98 Å². The molecule has 0 aromatic carbocycles. The monoisotopic (exact) mass is 307 g/mol. The number of fused-ring (bicyclic) bond motifs is 1. The summed E-state index contributed by atoms with van der Waals surface area (Å²) in [5.74, 6) is 1.06. The highest BCUT2D eigenvalue weighted by Gasteiger charge is 2.01. The van der Waals surface area contributed by atoms with E-state index in [0.29, 0.717) is 0 Å². The topological polar surface area (TPSA) is 29.3 Å². The van der Waals surface area contributed by atoms with Gasteiger partial charge < -0.3 is 5.32 Å². The molecule has 0 aliphatic heterocycles. The van der Waals surface area contributed by atoms with Crippen LogP contribution in [0.5, 0.6) is 0 Å². The third-order valence-corrected chi connectivity index (χ3v) is 4.12. The Balaban J connectivity index is 1.83. The first-order valence-corrected chi connectivity index (χ1v) is 6.84. The number of rotatable bonds is 3. The number of imidazole rings is 1. The fraction of sp³-hybridized carbons (Fsp3) is 0.0833. The van der Waals surface area contributed by atoms with E-state index in [4.69, 9.17) is 0 Å². The standard InChI is InChI=1S/C12H10BrN3S/c13-10-5-4-9(17-10)8-15-12-3-1-2-11-14-6-7-16(11)12/h1-7,15H,8H2. The second kappa shape index (κ2) is 4.50. The van der Waals surface area contributed by atoms with Crippen molar-refractivity contribution in [3.63, 3.8) is 0 Å². The number of nitrogens with zero attached hydrogens (tertiary/aromatic N) is 2. The van der Waals surface area contributed by atoms with Gasteiger partial charge in [-0.2, -0.15) is 0 Å². The van der Waals surface area contributed by atoms with E-state index in [9.17, 15) is 0 Å². The Morgan fingerprint density at radius 1 is 1.29 bits per heavy atom. The molecule has 17 heavy (non-hydrogen) atoms. The van der Waals surface area contributed by atoms with Crippen LogP contribution in [0.25, 0.3) is 5.65 Å². The first-order valence-electron chi connectivity index (χ1n) is 5.23. The number of thiophene rings is 1. The zero-order valence-electron chi connectivity index (χ0n) is 8.93. The molecule has 0 atom stereocenters. The summed E-state index contributed by atoms with van der Waals surface area (Å²) in [5, 5.41) is 3.42. The zero-order valence-corrected chi connectivity index (χ0v) is 11.3. The van der Waals surface area contributed by atoms with Gasteiger partial charge in [0, 0.05) is 17.3 Å². The van der Waals surface area contributed by atoms with E-state index in [-0.39, 0.29) is 0 Å². The summed E-state index contributed by atoms with van der Waals surface area (Å²) in [6.45, 7) is 0.827. The molecular weight excluding hydrogens is 298 g/mol. The number of hydrogen-bond acceptors (Lipinski definition) is 3. The molecule has 0 fully saturated rings. The highest BCUT2D eigenvalue weighted by Crippen LogP contribution is 2.23. The van der Waals surface area contributed by atoms with Crippen LogP contribution in [-0.2, 0) is 6.54 Å². The zero-order chi connectivity index (χ0) is 11.7. The average molecular weight is 308 g/mol. The van der Waals surface area contributed by atoms with Crippen LogP contribution in [-0.4, -0.2) is 9.38 Å². The molecule has 0 saturated carbocycles. The molecule has 0 aliphatic rings. The lowest BCUT2D eigenvalue weighted by Gasteiger charge is -2.07. The Bertz CT molecular complexity index is 644. The molecule has 3 nitrogen and oxygen atoms in total. The molecule has 3 heterocycles. The van der Waals surface area contributed by atoms with Gasteiger partial charge in [-0.3, -0.25) is 4.40 Å². The van der Waals surface area contributed by atoms with E-state index in [1.165, 1.54) is 4.88 Å². The summed E-state index contributed by atoms with van der Waals surface area (Å²) in [7, 11) is 0. The summed E-state index contributed by atoms with van der Waals surface area (Å²) in [5.41, 5.74) is 0.961. The molecule has 3 aromatic rings. The van der Waals surface area contributed by atoms with Gasteiger partial charge >= 0.3 is 0 Å². The largest absolute Gasteiger partial charge is 0.366 e. The molecule has 0 amide bonds. The number of pyridine rings is 1. The number of halogens is 1. The Morgan fingerprint density at radius 3 is 3.06 bits per heavy atom. The van der Waals surface area contributed by atoms with E-state index in [0.717, 1.165) is 21.8 Å². The van der Waals surface area contributed by atoms with Crippen molar-refractivity contribution in [1.82, 2.24) is 9.38 Å². The van der Waals surface area contributed by atoms with Gasteiger partial charge in [0.1, 0.15) is 11.5 Å². The van der Waals surface area contributed by atoms with Crippen molar-refractivity contribution in [2.45, 2.75) is 6.54 Å². The van der Waals surface area contributed by atoms with Crippen LogP contribution in [0, 0.1) is 0 Å². The SMILES string of the molecule is Brc1ccc(CNc2cccc3nccn23)s1. The first kappa shape index (κ1) is 10.8. The summed E-state index contributed by atoms with van der Waals surface area (Å²) >= 11 is 5.21. The van der Waals surface area contributed by atoms with Crippen molar-refractivity contribution in [2.24, 2.45) is 0 Å². The Morgan fingerprint density at radius 2 is 2.24 bits per heavy atom. The lowest BCUT2D eigenvalue weighted by atomic mass is 10.4. The fourth-order valence-electron chi connectivity index (χ4n) is 1.72. The Kier molecular flexibility index (Phi) is 2.86. The van der Waals surface area contributed by atoms with Gasteiger partial charge in [0.25, 0.3) is 0 Å². The summed E-state index contributed by atoms with van der Waals surface area (Å²) in [4.78, 5) is 5.56. The van der Waals surface area contributed by atoms with Crippen molar-refractivity contribution < 1.29 is 0 Å². The first-order chi connectivity index (χ1) is 8.33. The van der Waals surface area contributed by atoms with Crippen LogP contribution in [0.2, 0.25) is 0 Å². The van der Waals surface area contributed by atoms with E-state index in [1.807, 2.05) is 28.9 Å². The number of hydrogen-bond donors (Lipinski definition) is 1. The molecule has 3 rings (SSSR count). The minimum absolute atomic E-state index is 0.827. The van der Waals surface area contributed by atoms with E-state index < -0.39 is 0 Å². The van der Waals surface area contributed by atoms with Gasteiger partial charge in [-0.15, -0.1) is 11.3 Å². The molecule has 0 saturated heterocycles. The molecule has 0 bridgehead atoms. The highest BCUT2D eigenvalue weighted by atomic mass is 79.9. The van der Waals surface area contributed by atoms with Crippen molar-refractivity contribution in [1.29, 1.82) is 0 Å². The summed E-state index contributed by atoms with van der Waals surface area (Å²) in [6.07, 6.45) is 3.77. The molecule has 3 aromatic heterocycles. The van der Waals surface area contributed by atoms with Gasteiger partial charge in [0.05, 0.1) is 10.3 Å². The average Bonchev–Trinajstić information content (AvgIpc) is 2.94. The van der Waals surface area contributed by atoms with Gasteiger partial charge in [-0.05, 0) is 40.2 Å². The minimum atomic E-state index is 0.827. The van der Waals surface area contributed by atoms with Crippen LogP contribution < -0.4 is 5.32 Å². The van der Waals surface area contributed by atoms with E-state index in [1.54, 1.807) is 11.3 Å². The second-order valence-electron chi connectivity index (χ2n) is 3.63. The lowest BCUT2D eigenvalue weighted by molar-refractivity contribution is 1.09. The van der Waals surface area contributed by atoms with Crippen molar-refractivity contribution in [2.75, 3.05) is 5.32 Å². The number of anilines is 1. The number of nitrogens with one attached hydrogen (secondary N) is 1. The smallest absolute Gasteiger partial charge is 0.138 e. The maximum absolute atomic E-state index is 4.26. The molecule has 0 radical (unpaired) electrons. The molecule has 0 unspecified atom stereocenters. The maximum atomic E-state index is 4.26. The second-order valence-corrected chi connectivity index (χ2v) is 6.17. The predicted molar refractivity (Wildman–Crippen MR) is 74.5 cm³/mol. The van der Waals surface area contributed by atoms with Gasteiger partial charge in [0.15, 0.2) is 0 Å². The van der Waals surface area contributed by atoms with E-state index >= 15 is 0 Å². The minimum Gasteiger partial charge on any atom is -0.366 e. The van der Waals surface area contributed by atoms with Crippen LogP contribution >= 0.6 is 27.3 Å². The molecule has 1 N–H and O–H groups in total. The quantitative estimate of drug-likeness (QED) is 0.798. The lowest BCUT2D eigenvalue weighted by Crippen LogP contribution is -2.02. The summed E-state index contributed by atoms with van der Waals surface area (Å²) in [6, 6.07) is 10.2. The predicted octanol–water partition coefficient (Wildman–Crippen LogP) is 3.77. The molecular formula is C12H10BrN3S. The number of aromatic nitrogens is 2. The fourth-order valence-corrected chi connectivity index (χ4v) is 3.14. The molecule has 0 aliphatic carbocycles. The van der Waals surface area contributed by atoms with Crippen molar-refractivity contribution in [3.8, 4) is 0 Å². The molecule has 0 spiro atoms. The van der Waals surface area contributed by atoms with Gasteiger partial charge in [-0.1, -0.05) is 6.07 Å².